The van der Waals surface area contributed by atoms with Crippen LogP contribution < -0.4 is 0 Å². The zero-order valence-electron chi connectivity index (χ0n) is 9.58. The minimum Gasteiger partial charge on any atom is -0.218 e. The van der Waals surface area contributed by atoms with E-state index in [0.29, 0.717) is 9.24 Å². The van der Waals surface area contributed by atoms with E-state index in [2.05, 4.69) is 10.2 Å². The Morgan fingerprint density at radius 3 is 2.32 bits per heavy atom. The lowest BCUT2D eigenvalue weighted by molar-refractivity contribution is 0.234. The largest absolute Gasteiger partial charge is 0.341 e. The maximum absolute atomic E-state index is 12.3. The Labute approximate surface area is 116 Å². The van der Waals surface area contributed by atoms with Crippen molar-refractivity contribution >= 4 is 32.9 Å². The van der Waals surface area contributed by atoms with Crippen molar-refractivity contribution in [2.75, 3.05) is 0 Å². The molecule has 0 atom stereocenters. The van der Waals surface area contributed by atoms with Gasteiger partial charge in [-0.2, -0.15) is 8.78 Å². The van der Waals surface area contributed by atoms with E-state index in [-0.39, 0.29) is 4.90 Å². The summed E-state index contributed by atoms with van der Waals surface area (Å²) < 4.78 is 47.8. The predicted molar refractivity (Wildman–Crippen MR) is 68.4 cm³/mol. The average molecular weight is 322 g/mol. The minimum atomic E-state index is -4.53. The first-order valence-corrected chi connectivity index (χ1v) is 8.17. The Balaban J connectivity index is 2.19. The van der Waals surface area contributed by atoms with Crippen LogP contribution in [-0.2, 0) is 9.84 Å². The highest BCUT2D eigenvalue weighted by atomic mass is 32.2. The topological polar surface area (TPSA) is 59.9 Å². The van der Waals surface area contributed by atoms with Crippen LogP contribution >= 0.6 is 23.1 Å². The van der Waals surface area contributed by atoms with Crippen molar-refractivity contribution in [2.45, 2.75) is 26.8 Å². The maximum Gasteiger partial charge on any atom is 0.341 e. The molecule has 19 heavy (non-hydrogen) atoms. The van der Waals surface area contributed by atoms with E-state index in [1.807, 2.05) is 6.92 Å². The minimum absolute atomic E-state index is 0.389. The van der Waals surface area contributed by atoms with Crippen LogP contribution in [0.5, 0.6) is 0 Å². The van der Waals surface area contributed by atoms with E-state index in [1.54, 1.807) is 0 Å². The second kappa shape index (κ2) is 5.51. The molecule has 0 N–H and O–H groups in total. The molecular weight excluding hydrogens is 314 g/mol. The predicted octanol–water partition coefficient (Wildman–Crippen LogP) is 2.99. The molecule has 0 aliphatic rings. The Morgan fingerprint density at radius 2 is 1.84 bits per heavy atom. The lowest BCUT2D eigenvalue weighted by Crippen LogP contribution is -2.10. The smallest absolute Gasteiger partial charge is 0.218 e. The van der Waals surface area contributed by atoms with Gasteiger partial charge >= 0.3 is 5.76 Å². The van der Waals surface area contributed by atoms with Crippen molar-refractivity contribution in [1.82, 2.24) is 10.2 Å². The summed E-state index contributed by atoms with van der Waals surface area (Å²) in [7, 11) is -4.53. The fourth-order valence-corrected chi connectivity index (χ4v) is 3.73. The zero-order chi connectivity index (χ0) is 14.0. The lowest BCUT2D eigenvalue weighted by Gasteiger charge is -2.03. The van der Waals surface area contributed by atoms with Crippen LogP contribution in [0.25, 0.3) is 0 Å². The van der Waals surface area contributed by atoms with E-state index < -0.39 is 15.6 Å². The molecule has 0 bridgehead atoms. The number of sulfone groups is 1. The summed E-state index contributed by atoms with van der Waals surface area (Å²) in [6.07, 6.45) is 0. The SMILES string of the molecule is Cc1nnc(Sc2ccc(S(=O)(=O)C(F)F)cc2)s1. The van der Waals surface area contributed by atoms with E-state index in [1.165, 1.54) is 35.2 Å². The van der Waals surface area contributed by atoms with Crippen LogP contribution in [0.1, 0.15) is 5.01 Å². The van der Waals surface area contributed by atoms with Gasteiger partial charge < -0.3 is 0 Å². The van der Waals surface area contributed by atoms with Crippen molar-refractivity contribution in [3.05, 3.63) is 29.3 Å². The molecule has 0 aliphatic heterocycles. The molecule has 0 radical (unpaired) electrons. The zero-order valence-corrected chi connectivity index (χ0v) is 12.0. The first kappa shape index (κ1) is 14.4. The van der Waals surface area contributed by atoms with Gasteiger partial charge in [0.15, 0.2) is 4.34 Å². The molecule has 0 saturated carbocycles. The highest BCUT2D eigenvalue weighted by molar-refractivity contribution is 8.01. The standard InChI is InChI=1S/C10H8F2N2O2S3/c1-6-13-14-10(17-6)18-7-2-4-8(5-3-7)19(15,16)9(11)12/h2-5,9H,1H3. The van der Waals surface area contributed by atoms with Gasteiger partial charge in [-0.05, 0) is 31.2 Å². The number of alkyl halides is 2. The molecular formula is C10H8F2N2O2S3. The number of halogens is 2. The monoisotopic (exact) mass is 322 g/mol. The van der Waals surface area contributed by atoms with E-state index in [4.69, 9.17) is 0 Å². The van der Waals surface area contributed by atoms with E-state index in [9.17, 15) is 17.2 Å². The molecule has 1 heterocycles. The lowest BCUT2D eigenvalue weighted by atomic mass is 10.4. The molecule has 0 unspecified atom stereocenters. The molecule has 4 nitrogen and oxygen atoms in total. The number of benzene rings is 1. The molecule has 0 fully saturated rings. The van der Waals surface area contributed by atoms with Gasteiger partial charge in [-0.15, -0.1) is 10.2 Å². The van der Waals surface area contributed by atoms with Crippen LogP contribution in [0.3, 0.4) is 0 Å². The van der Waals surface area contributed by atoms with Crippen LogP contribution in [0.4, 0.5) is 8.78 Å². The second-order valence-electron chi connectivity index (χ2n) is 3.47. The molecule has 0 aliphatic carbocycles. The van der Waals surface area contributed by atoms with Gasteiger partial charge in [-0.1, -0.05) is 23.1 Å². The van der Waals surface area contributed by atoms with Gasteiger partial charge in [-0.3, -0.25) is 0 Å². The number of hydrogen-bond acceptors (Lipinski definition) is 6. The van der Waals surface area contributed by atoms with Gasteiger partial charge in [0.1, 0.15) is 5.01 Å². The quantitative estimate of drug-likeness (QED) is 0.866. The van der Waals surface area contributed by atoms with E-state index >= 15 is 0 Å². The highest BCUT2D eigenvalue weighted by Gasteiger charge is 2.26. The van der Waals surface area contributed by atoms with Gasteiger partial charge in [0.25, 0.3) is 0 Å². The number of nitrogens with zero attached hydrogens (tertiary/aromatic N) is 2. The van der Waals surface area contributed by atoms with Gasteiger partial charge in [-0.25, -0.2) is 8.42 Å². The maximum atomic E-state index is 12.3. The summed E-state index contributed by atoms with van der Waals surface area (Å²) in [4.78, 5) is 0.324. The van der Waals surface area contributed by atoms with Crippen LogP contribution in [0.2, 0.25) is 0 Å². The van der Waals surface area contributed by atoms with Crippen molar-refractivity contribution in [1.29, 1.82) is 0 Å². The van der Waals surface area contributed by atoms with Crippen molar-refractivity contribution < 1.29 is 17.2 Å². The molecule has 102 valence electrons. The van der Waals surface area contributed by atoms with Crippen LogP contribution in [0, 0.1) is 6.92 Å². The van der Waals surface area contributed by atoms with Crippen molar-refractivity contribution in [3.8, 4) is 0 Å². The van der Waals surface area contributed by atoms with Crippen molar-refractivity contribution in [2.24, 2.45) is 0 Å². The molecule has 0 saturated heterocycles. The van der Waals surface area contributed by atoms with Gasteiger partial charge in [0.05, 0.1) is 4.90 Å². The number of rotatable bonds is 4. The molecule has 0 spiro atoms. The van der Waals surface area contributed by atoms with Gasteiger partial charge in [0.2, 0.25) is 9.84 Å². The fraction of sp³-hybridized carbons (Fsp3) is 0.200. The van der Waals surface area contributed by atoms with Crippen LogP contribution in [0.15, 0.2) is 38.4 Å². The average Bonchev–Trinajstić information content (AvgIpc) is 2.75. The molecule has 2 aromatic rings. The van der Waals surface area contributed by atoms with Crippen LogP contribution in [-0.4, -0.2) is 24.4 Å². The summed E-state index contributed by atoms with van der Waals surface area (Å²) in [5, 5.41) is 8.57. The Morgan fingerprint density at radius 1 is 1.21 bits per heavy atom. The Bertz CT molecular complexity index is 668. The normalized spacial score (nSPS) is 12.0. The van der Waals surface area contributed by atoms with Gasteiger partial charge in [0, 0.05) is 4.90 Å². The summed E-state index contributed by atoms with van der Waals surface area (Å²) in [6, 6.07) is 5.27. The number of aryl methyl sites for hydroxylation is 1. The Hall–Kier alpha value is -1.06. The van der Waals surface area contributed by atoms with Crippen molar-refractivity contribution in [3.63, 3.8) is 0 Å². The summed E-state index contributed by atoms with van der Waals surface area (Å²) in [5.41, 5.74) is 0. The fourth-order valence-electron chi connectivity index (χ4n) is 1.22. The molecule has 1 aromatic heterocycles. The number of aromatic nitrogens is 2. The van der Waals surface area contributed by atoms with E-state index in [0.717, 1.165) is 17.1 Å². The first-order chi connectivity index (χ1) is 8.89. The summed E-state index contributed by atoms with van der Waals surface area (Å²) in [6.45, 7) is 1.82. The third-order valence-electron chi connectivity index (χ3n) is 2.10. The summed E-state index contributed by atoms with van der Waals surface area (Å²) >= 11 is 2.70. The second-order valence-corrected chi connectivity index (χ2v) is 7.89. The summed E-state index contributed by atoms with van der Waals surface area (Å²) in [5.74, 6) is -3.41. The third kappa shape index (κ3) is 3.28. The third-order valence-corrected chi connectivity index (χ3v) is 5.40. The first-order valence-electron chi connectivity index (χ1n) is 4.99. The molecule has 9 heteroatoms. The Kier molecular flexibility index (Phi) is 4.16. The molecule has 1 aromatic carbocycles. The molecule has 0 amide bonds. The number of hydrogen-bond donors (Lipinski definition) is 0. The molecule has 2 rings (SSSR count). The highest BCUT2D eigenvalue weighted by Crippen LogP contribution is 2.31.